The summed E-state index contributed by atoms with van der Waals surface area (Å²) < 4.78 is 5.10. The van der Waals surface area contributed by atoms with Crippen molar-refractivity contribution >= 4 is 11.9 Å². The Morgan fingerprint density at radius 1 is 1.29 bits per heavy atom. The van der Waals surface area contributed by atoms with Gasteiger partial charge in [0.1, 0.15) is 6.26 Å². The molecule has 6 nitrogen and oxygen atoms in total. The van der Waals surface area contributed by atoms with Crippen LogP contribution in [0.4, 0.5) is 0 Å². The number of benzene rings is 1. The highest BCUT2D eigenvalue weighted by atomic mass is 16.4. The third kappa shape index (κ3) is 3.33. The largest absolute Gasteiger partial charge is 0.478 e. The molecule has 2 N–H and O–H groups in total. The molecule has 1 aliphatic heterocycles. The van der Waals surface area contributed by atoms with Gasteiger partial charge in [0.25, 0.3) is 5.91 Å². The van der Waals surface area contributed by atoms with Crippen molar-refractivity contribution in [2.75, 3.05) is 6.54 Å². The van der Waals surface area contributed by atoms with Gasteiger partial charge in [-0.2, -0.15) is 0 Å². The lowest BCUT2D eigenvalue weighted by atomic mass is 10.0. The monoisotopic (exact) mass is 329 g/mol. The van der Waals surface area contributed by atoms with E-state index in [0.717, 1.165) is 24.7 Å². The summed E-state index contributed by atoms with van der Waals surface area (Å²) in [5, 5.41) is 19.3. The van der Waals surface area contributed by atoms with Gasteiger partial charge in [-0.05, 0) is 24.8 Å². The van der Waals surface area contributed by atoms with E-state index in [0.29, 0.717) is 13.0 Å². The van der Waals surface area contributed by atoms with Crippen LogP contribution in [0.3, 0.4) is 0 Å². The first-order valence-electron chi connectivity index (χ1n) is 7.92. The number of likely N-dealkylation sites (tertiary alicyclic amines) is 1. The highest BCUT2D eigenvalue weighted by Gasteiger charge is 2.32. The lowest BCUT2D eigenvalue weighted by Gasteiger charge is -2.26. The number of carbonyl (C=O) groups excluding carboxylic acids is 1. The number of hydrogen-bond donors (Lipinski definition) is 2. The summed E-state index contributed by atoms with van der Waals surface area (Å²) in [5.41, 5.74) is 0.779. The zero-order chi connectivity index (χ0) is 17.1. The summed E-state index contributed by atoms with van der Waals surface area (Å²) in [5.74, 6) is -1.44. The molecule has 6 heteroatoms. The van der Waals surface area contributed by atoms with Crippen molar-refractivity contribution in [2.24, 2.45) is 0 Å². The molecule has 0 bridgehead atoms. The van der Waals surface area contributed by atoms with E-state index >= 15 is 0 Å². The summed E-state index contributed by atoms with van der Waals surface area (Å²) in [6, 6.07) is 10.5. The molecule has 2 atom stereocenters. The molecule has 0 radical (unpaired) electrons. The third-order valence-electron chi connectivity index (χ3n) is 4.37. The van der Waals surface area contributed by atoms with Crippen LogP contribution in [-0.4, -0.2) is 39.6 Å². The van der Waals surface area contributed by atoms with Gasteiger partial charge < -0.3 is 19.5 Å². The maximum atomic E-state index is 12.6. The van der Waals surface area contributed by atoms with E-state index in [1.165, 1.54) is 6.07 Å². The van der Waals surface area contributed by atoms with Crippen molar-refractivity contribution in [1.29, 1.82) is 0 Å². The molecule has 0 spiro atoms. The van der Waals surface area contributed by atoms with E-state index in [1.54, 1.807) is 4.90 Å². The Labute approximate surface area is 139 Å². The normalized spacial score (nSPS) is 18.5. The summed E-state index contributed by atoms with van der Waals surface area (Å²) in [7, 11) is 0. The van der Waals surface area contributed by atoms with E-state index < -0.39 is 12.1 Å². The van der Waals surface area contributed by atoms with Crippen molar-refractivity contribution < 1.29 is 24.2 Å². The first-order chi connectivity index (χ1) is 11.6. The van der Waals surface area contributed by atoms with Crippen LogP contribution in [0.25, 0.3) is 0 Å². The van der Waals surface area contributed by atoms with E-state index in [-0.39, 0.29) is 23.3 Å². The molecular weight excluding hydrogens is 310 g/mol. The van der Waals surface area contributed by atoms with Gasteiger partial charge in [0.05, 0.1) is 11.7 Å². The number of aliphatic hydroxyl groups excluding tert-OH is 1. The summed E-state index contributed by atoms with van der Waals surface area (Å²) >= 11 is 0. The van der Waals surface area contributed by atoms with E-state index in [4.69, 9.17) is 9.52 Å². The molecule has 2 unspecified atom stereocenters. The summed E-state index contributed by atoms with van der Waals surface area (Å²) in [4.78, 5) is 25.1. The second-order valence-electron chi connectivity index (χ2n) is 5.96. The SMILES string of the molecule is O=C(O)c1coc(C(=O)N2CCCC2CC(O)c2ccccc2)c1. The first-order valence-corrected chi connectivity index (χ1v) is 7.92. The number of carboxylic acids is 1. The van der Waals surface area contributed by atoms with Crippen LogP contribution in [0.1, 0.15) is 51.8 Å². The minimum absolute atomic E-state index is 0.0218. The van der Waals surface area contributed by atoms with Gasteiger partial charge in [-0.1, -0.05) is 30.3 Å². The quantitative estimate of drug-likeness (QED) is 0.880. The second kappa shape index (κ2) is 6.88. The Morgan fingerprint density at radius 3 is 2.71 bits per heavy atom. The van der Waals surface area contributed by atoms with Gasteiger partial charge in [-0.25, -0.2) is 4.79 Å². The average Bonchev–Trinajstić information content (AvgIpc) is 3.24. The molecule has 126 valence electrons. The van der Waals surface area contributed by atoms with E-state index in [9.17, 15) is 14.7 Å². The number of rotatable bonds is 5. The highest BCUT2D eigenvalue weighted by Crippen LogP contribution is 2.28. The van der Waals surface area contributed by atoms with Crippen LogP contribution in [0.15, 0.2) is 47.1 Å². The van der Waals surface area contributed by atoms with Crippen LogP contribution in [-0.2, 0) is 0 Å². The van der Waals surface area contributed by atoms with Crippen LogP contribution in [0, 0.1) is 0 Å². The maximum Gasteiger partial charge on any atom is 0.338 e. The van der Waals surface area contributed by atoms with E-state index in [1.807, 2.05) is 30.3 Å². The number of amides is 1. The Balaban J connectivity index is 1.70. The van der Waals surface area contributed by atoms with Crippen LogP contribution in [0.5, 0.6) is 0 Å². The fourth-order valence-corrected chi connectivity index (χ4v) is 3.12. The van der Waals surface area contributed by atoms with Crippen molar-refractivity contribution in [3.8, 4) is 0 Å². The fraction of sp³-hybridized carbons (Fsp3) is 0.333. The standard InChI is InChI=1S/C18H19NO5/c20-15(12-5-2-1-3-6-12)10-14-7-4-8-19(14)17(21)16-9-13(11-24-16)18(22)23/h1-3,5-6,9,11,14-15,20H,4,7-8,10H2,(H,22,23). The number of carboxylic acid groups (broad SMARTS) is 1. The molecule has 0 aliphatic carbocycles. The number of carbonyl (C=O) groups is 2. The summed E-state index contributed by atoms with van der Waals surface area (Å²) in [6.45, 7) is 0.577. The molecule has 24 heavy (non-hydrogen) atoms. The molecule has 3 rings (SSSR count). The number of furan rings is 1. The molecule has 1 aromatic heterocycles. The highest BCUT2D eigenvalue weighted by molar-refractivity contribution is 5.95. The Bertz CT molecular complexity index is 724. The number of nitrogens with zero attached hydrogens (tertiary/aromatic N) is 1. The first kappa shape index (κ1) is 16.3. The average molecular weight is 329 g/mol. The van der Waals surface area contributed by atoms with Crippen LogP contribution >= 0.6 is 0 Å². The van der Waals surface area contributed by atoms with Crippen molar-refractivity contribution in [3.63, 3.8) is 0 Å². The van der Waals surface area contributed by atoms with Gasteiger partial charge in [-0.3, -0.25) is 4.79 Å². The summed E-state index contributed by atoms with van der Waals surface area (Å²) in [6.07, 6.45) is 2.53. The van der Waals surface area contributed by atoms with Crippen molar-refractivity contribution in [1.82, 2.24) is 4.90 Å². The van der Waals surface area contributed by atoms with Crippen LogP contribution < -0.4 is 0 Å². The van der Waals surface area contributed by atoms with Gasteiger partial charge in [-0.15, -0.1) is 0 Å². The Morgan fingerprint density at radius 2 is 2.04 bits per heavy atom. The van der Waals surface area contributed by atoms with Gasteiger partial charge in [0, 0.05) is 18.7 Å². The topological polar surface area (TPSA) is 91.0 Å². The number of aromatic carboxylic acids is 1. The lowest BCUT2D eigenvalue weighted by molar-refractivity contribution is 0.0635. The Kier molecular flexibility index (Phi) is 4.66. The molecule has 1 aromatic carbocycles. The molecule has 2 aromatic rings. The smallest absolute Gasteiger partial charge is 0.338 e. The van der Waals surface area contributed by atoms with Crippen molar-refractivity contribution in [3.05, 3.63) is 59.5 Å². The maximum absolute atomic E-state index is 12.6. The second-order valence-corrected chi connectivity index (χ2v) is 5.96. The predicted molar refractivity (Wildman–Crippen MR) is 85.7 cm³/mol. The zero-order valence-corrected chi connectivity index (χ0v) is 13.1. The minimum atomic E-state index is -1.13. The minimum Gasteiger partial charge on any atom is -0.478 e. The third-order valence-corrected chi connectivity index (χ3v) is 4.37. The van der Waals surface area contributed by atoms with Crippen molar-refractivity contribution in [2.45, 2.75) is 31.4 Å². The fourth-order valence-electron chi connectivity index (χ4n) is 3.12. The molecule has 1 fully saturated rings. The molecule has 1 amide bonds. The van der Waals surface area contributed by atoms with Gasteiger partial charge in [0.2, 0.25) is 0 Å². The molecule has 1 aliphatic rings. The Hall–Kier alpha value is -2.60. The van der Waals surface area contributed by atoms with Crippen LogP contribution in [0.2, 0.25) is 0 Å². The van der Waals surface area contributed by atoms with E-state index in [2.05, 4.69) is 0 Å². The molecular formula is C18H19NO5. The zero-order valence-electron chi connectivity index (χ0n) is 13.1. The molecule has 1 saturated heterocycles. The molecule has 2 heterocycles. The molecule has 0 saturated carbocycles. The number of hydrogen-bond acceptors (Lipinski definition) is 4. The predicted octanol–water partition coefficient (Wildman–Crippen LogP) is 2.71. The lowest BCUT2D eigenvalue weighted by Crippen LogP contribution is -2.36. The van der Waals surface area contributed by atoms with Gasteiger partial charge >= 0.3 is 5.97 Å². The number of aliphatic hydroxyl groups is 1. The van der Waals surface area contributed by atoms with Gasteiger partial charge in [0.15, 0.2) is 5.76 Å².